The second kappa shape index (κ2) is 9.20. The Morgan fingerprint density at radius 1 is 1.13 bits per heavy atom. The van der Waals surface area contributed by atoms with Gasteiger partial charge in [0.1, 0.15) is 5.69 Å². The van der Waals surface area contributed by atoms with Gasteiger partial charge in [0.15, 0.2) is 0 Å². The molecule has 0 bridgehead atoms. The third-order valence-corrected chi connectivity index (χ3v) is 5.74. The number of rotatable bonds is 5. The Balaban J connectivity index is 1.62. The number of carbonyl (C=O) groups is 1. The molecule has 1 saturated heterocycles. The molecule has 0 spiro atoms. The Hall–Kier alpha value is -2.70. The standard InChI is InChI=1S/C24H26ClN3O3/c1-16-13-27(14-17(2)31-16)23(29)11-9-20-24(30)28(15-18-6-4-3-5-7-18)22-10-8-19(25)12-21(22)26-20/h3-8,10,12,16-17H,9,11,13-15H2,1-2H3. The normalized spacial score (nSPS) is 19.0. The van der Waals surface area contributed by atoms with Crippen molar-refractivity contribution < 1.29 is 9.53 Å². The second-order valence-electron chi connectivity index (χ2n) is 8.12. The number of morpholine rings is 1. The first-order valence-corrected chi connectivity index (χ1v) is 10.9. The fourth-order valence-corrected chi connectivity index (χ4v) is 4.29. The smallest absolute Gasteiger partial charge is 0.273 e. The Kier molecular flexibility index (Phi) is 6.39. The minimum absolute atomic E-state index is 0.0109. The van der Waals surface area contributed by atoms with Gasteiger partial charge in [-0.25, -0.2) is 4.98 Å². The number of ether oxygens (including phenoxy) is 1. The van der Waals surface area contributed by atoms with Gasteiger partial charge in [-0.1, -0.05) is 41.9 Å². The fraction of sp³-hybridized carbons (Fsp3) is 0.375. The zero-order valence-corrected chi connectivity index (χ0v) is 18.5. The van der Waals surface area contributed by atoms with Crippen LogP contribution in [0.1, 0.15) is 31.5 Å². The van der Waals surface area contributed by atoms with Crippen molar-refractivity contribution >= 4 is 28.5 Å². The molecule has 2 unspecified atom stereocenters. The summed E-state index contributed by atoms with van der Waals surface area (Å²) in [5.74, 6) is 0.0176. The van der Waals surface area contributed by atoms with E-state index in [1.807, 2.05) is 55.1 Å². The average molecular weight is 440 g/mol. The fourth-order valence-electron chi connectivity index (χ4n) is 4.12. The van der Waals surface area contributed by atoms with Crippen molar-refractivity contribution in [2.24, 2.45) is 0 Å². The van der Waals surface area contributed by atoms with E-state index < -0.39 is 0 Å². The summed E-state index contributed by atoms with van der Waals surface area (Å²) in [6, 6.07) is 15.2. The SMILES string of the molecule is CC1CN(C(=O)CCc2nc3cc(Cl)ccc3n(Cc3ccccc3)c2=O)CC(C)O1. The van der Waals surface area contributed by atoms with E-state index in [2.05, 4.69) is 4.98 Å². The summed E-state index contributed by atoms with van der Waals surface area (Å²) in [7, 11) is 0. The van der Waals surface area contributed by atoms with Crippen molar-refractivity contribution in [2.45, 2.75) is 45.4 Å². The highest BCUT2D eigenvalue weighted by Crippen LogP contribution is 2.19. The zero-order chi connectivity index (χ0) is 22.0. The largest absolute Gasteiger partial charge is 0.372 e. The number of aryl methyl sites for hydroxylation is 1. The lowest BCUT2D eigenvalue weighted by Gasteiger charge is -2.35. The van der Waals surface area contributed by atoms with E-state index in [4.69, 9.17) is 16.3 Å². The summed E-state index contributed by atoms with van der Waals surface area (Å²) >= 11 is 6.18. The first-order valence-electron chi connectivity index (χ1n) is 10.6. The van der Waals surface area contributed by atoms with E-state index in [1.165, 1.54) is 0 Å². The van der Waals surface area contributed by atoms with Crippen LogP contribution in [0.15, 0.2) is 53.3 Å². The molecular formula is C24H26ClN3O3. The lowest BCUT2D eigenvalue weighted by atomic mass is 10.1. The van der Waals surface area contributed by atoms with Crippen molar-refractivity contribution in [3.63, 3.8) is 0 Å². The highest BCUT2D eigenvalue weighted by atomic mass is 35.5. The van der Waals surface area contributed by atoms with Gasteiger partial charge in [0.05, 0.1) is 29.8 Å². The van der Waals surface area contributed by atoms with Crippen LogP contribution in [-0.4, -0.2) is 45.7 Å². The molecule has 1 aliphatic rings. The average Bonchev–Trinajstić information content (AvgIpc) is 2.74. The molecule has 7 heteroatoms. The third-order valence-electron chi connectivity index (χ3n) is 5.51. The molecule has 162 valence electrons. The van der Waals surface area contributed by atoms with Gasteiger partial charge in [-0.3, -0.25) is 9.59 Å². The number of hydrogen-bond acceptors (Lipinski definition) is 4. The molecule has 0 radical (unpaired) electrons. The van der Waals surface area contributed by atoms with Crippen LogP contribution >= 0.6 is 11.6 Å². The molecule has 0 saturated carbocycles. The Morgan fingerprint density at radius 3 is 2.55 bits per heavy atom. The van der Waals surface area contributed by atoms with E-state index in [9.17, 15) is 9.59 Å². The van der Waals surface area contributed by atoms with Crippen LogP contribution in [0.25, 0.3) is 11.0 Å². The predicted octanol–water partition coefficient (Wildman–Crippen LogP) is 3.67. The number of nitrogens with zero attached hydrogens (tertiary/aromatic N) is 3. The maximum Gasteiger partial charge on any atom is 0.273 e. The minimum Gasteiger partial charge on any atom is -0.372 e. The first-order chi connectivity index (χ1) is 14.9. The highest BCUT2D eigenvalue weighted by Gasteiger charge is 2.26. The molecule has 1 fully saturated rings. The molecule has 0 aliphatic carbocycles. The van der Waals surface area contributed by atoms with Gasteiger partial charge in [-0.2, -0.15) is 0 Å². The molecule has 2 aromatic carbocycles. The van der Waals surface area contributed by atoms with E-state index in [0.29, 0.717) is 35.9 Å². The van der Waals surface area contributed by atoms with Gasteiger partial charge in [-0.15, -0.1) is 0 Å². The third kappa shape index (κ3) is 4.97. The lowest BCUT2D eigenvalue weighted by Crippen LogP contribution is -2.48. The van der Waals surface area contributed by atoms with E-state index in [-0.39, 0.29) is 36.5 Å². The number of aromatic nitrogens is 2. The summed E-state index contributed by atoms with van der Waals surface area (Å²) in [4.78, 5) is 32.5. The topological polar surface area (TPSA) is 64.4 Å². The summed E-state index contributed by atoms with van der Waals surface area (Å²) in [6.45, 7) is 5.50. The molecule has 0 N–H and O–H groups in total. The number of halogens is 1. The predicted molar refractivity (Wildman–Crippen MR) is 121 cm³/mol. The van der Waals surface area contributed by atoms with Crippen LogP contribution in [0, 0.1) is 0 Å². The molecule has 2 atom stereocenters. The lowest BCUT2D eigenvalue weighted by molar-refractivity contribution is -0.143. The molecule has 4 rings (SSSR count). The molecule has 3 aromatic rings. The molecule has 31 heavy (non-hydrogen) atoms. The van der Waals surface area contributed by atoms with Crippen LogP contribution < -0.4 is 5.56 Å². The van der Waals surface area contributed by atoms with Crippen molar-refractivity contribution in [1.82, 2.24) is 14.5 Å². The van der Waals surface area contributed by atoms with Crippen LogP contribution in [0.2, 0.25) is 5.02 Å². The zero-order valence-electron chi connectivity index (χ0n) is 17.8. The summed E-state index contributed by atoms with van der Waals surface area (Å²) < 4.78 is 7.42. The highest BCUT2D eigenvalue weighted by molar-refractivity contribution is 6.31. The number of carbonyl (C=O) groups excluding carboxylic acids is 1. The van der Waals surface area contributed by atoms with Crippen molar-refractivity contribution in [3.05, 3.63) is 75.2 Å². The van der Waals surface area contributed by atoms with Gasteiger partial charge in [-0.05, 0) is 37.6 Å². The van der Waals surface area contributed by atoms with Crippen molar-refractivity contribution in [1.29, 1.82) is 0 Å². The molecule has 2 heterocycles. The Bertz CT molecular complexity index is 1140. The van der Waals surface area contributed by atoms with Crippen molar-refractivity contribution in [2.75, 3.05) is 13.1 Å². The number of fused-ring (bicyclic) bond motifs is 1. The van der Waals surface area contributed by atoms with Gasteiger partial charge in [0, 0.05) is 31.0 Å². The number of amides is 1. The van der Waals surface area contributed by atoms with Gasteiger partial charge in [0.2, 0.25) is 5.91 Å². The monoisotopic (exact) mass is 439 g/mol. The van der Waals surface area contributed by atoms with E-state index in [1.54, 1.807) is 16.7 Å². The quantitative estimate of drug-likeness (QED) is 0.608. The first kappa shape index (κ1) is 21.5. The summed E-state index contributed by atoms with van der Waals surface area (Å²) in [5, 5.41) is 0.559. The van der Waals surface area contributed by atoms with E-state index in [0.717, 1.165) is 11.1 Å². The van der Waals surface area contributed by atoms with Gasteiger partial charge in [0.25, 0.3) is 5.56 Å². The Labute approximate surface area is 186 Å². The minimum atomic E-state index is -0.171. The maximum absolute atomic E-state index is 13.3. The van der Waals surface area contributed by atoms with Gasteiger partial charge < -0.3 is 14.2 Å². The molecular weight excluding hydrogens is 414 g/mol. The second-order valence-corrected chi connectivity index (χ2v) is 8.56. The Morgan fingerprint density at radius 2 is 1.84 bits per heavy atom. The number of hydrogen-bond donors (Lipinski definition) is 0. The molecule has 6 nitrogen and oxygen atoms in total. The number of benzene rings is 2. The summed E-state index contributed by atoms with van der Waals surface area (Å²) in [6.07, 6.45) is 0.544. The summed E-state index contributed by atoms with van der Waals surface area (Å²) in [5.41, 5.74) is 2.61. The van der Waals surface area contributed by atoms with Crippen molar-refractivity contribution in [3.8, 4) is 0 Å². The van der Waals surface area contributed by atoms with E-state index >= 15 is 0 Å². The van der Waals surface area contributed by atoms with Crippen LogP contribution in [-0.2, 0) is 22.5 Å². The van der Waals surface area contributed by atoms with Gasteiger partial charge >= 0.3 is 0 Å². The molecule has 1 aliphatic heterocycles. The van der Waals surface area contributed by atoms with Crippen LogP contribution in [0.5, 0.6) is 0 Å². The molecule has 1 amide bonds. The maximum atomic E-state index is 13.3. The van der Waals surface area contributed by atoms with Crippen LogP contribution in [0.3, 0.4) is 0 Å². The van der Waals surface area contributed by atoms with Crippen LogP contribution in [0.4, 0.5) is 0 Å². The molecule has 1 aromatic heterocycles.